The quantitative estimate of drug-likeness (QED) is 0.117. The first kappa shape index (κ1) is 36.0. The lowest BCUT2D eigenvalue weighted by Crippen LogP contribution is -2.39. The standard InChI is InChI=1S/C49H43N7O/c1-4-16-45-51-46-33(2)31-40(28-25-34(3)57)50-48(46)55(45)44-30-27-36-32-35(26-29-42(36)44)41-23-14-15-24-43(41)47-52-53-54-56(47)49(37-17-8-5-9-18-37,38-19-10-6-11-20-38)39-21-12-7-13-22-39/h5-15,17-24,26,29,31-32,34,44,57H,4,16,27,30H2,1-3H3/t34-,44-/m0/s1. The van der Waals surface area contributed by atoms with Crippen LogP contribution in [0.3, 0.4) is 0 Å². The van der Waals surface area contributed by atoms with E-state index in [0.717, 1.165) is 81.6 Å². The largest absolute Gasteiger partial charge is 0.381 e. The first-order valence-electron chi connectivity index (χ1n) is 19.7. The van der Waals surface area contributed by atoms with Gasteiger partial charge in [-0.25, -0.2) is 14.6 Å². The average molecular weight is 746 g/mol. The second kappa shape index (κ2) is 15.1. The molecule has 8 aromatic rings. The number of aromatic nitrogens is 7. The zero-order valence-electron chi connectivity index (χ0n) is 32.3. The molecule has 57 heavy (non-hydrogen) atoms. The zero-order valence-corrected chi connectivity index (χ0v) is 32.3. The van der Waals surface area contributed by atoms with E-state index in [-0.39, 0.29) is 6.04 Å². The average Bonchev–Trinajstić information content (AvgIpc) is 3.99. The molecule has 0 amide bonds. The van der Waals surface area contributed by atoms with Crippen molar-refractivity contribution >= 4 is 11.2 Å². The van der Waals surface area contributed by atoms with Gasteiger partial charge in [0, 0.05) is 12.0 Å². The fraction of sp³-hybridized carbons (Fsp3) is 0.204. The van der Waals surface area contributed by atoms with Crippen LogP contribution in [0.1, 0.15) is 77.6 Å². The van der Waals surface area contributed by atoms with Gasteiger partial charge in [0.1, 0.15) is 28.7 Å². The number of aliphatic hydroxyl groups excluding tert-OH is 1. The highest BCUT2D eigenvalue weighted by Gasteiger charge is 2.42. The molecule has 0 spiro atoms. The molecule has 3 heterocycles. The Labute approximate surface area is 332 Å². The number of tetrazole rings is 1. The number of pyridine rings is 1. The first-order chi connectivity index (χ1) is 28.0. The Morgan fingerprint density at radius 3 is 2.05 bits per heavy atom. The van der Waals surface area contributed by atoms with Gasteiger partial charge in [-0.3, -0.25) is 0 Å². The molecule has 0 radical (unpaired) electrons. The van der Waals surface area contributed by atoms with E-state index in [4.69, 9.17) is 20.3 Å². The Morgan fingerprint density at radius 2 is 1.42 bits per heavy atom. The highest BCUT2D eigenvalue weighted by atomic mass is 16.3. The molecule has 0 bridgehead atoms. The molecular formula is C49H43N7O. The number of rotatable bonds is 9. The summed E-state index contributed by atoms with van der Waals surface area (Å²) in [5.41, 5.74) is 11.5. The summed E-state index contributed by atoms with van der Waals surface area (Å²) in [5, 5.41) is 23.8. The summed E-state index contributed by atoms with van der Waals surface area (Å²) in [6, 6.07) is 48.9. The lowest BCUT2D eigenvalue weighted by molar-refractivity contribution is 0.253. The molecule has 0 fully saturated rings. The summed E-state index contributed by atoms with van der Waals surface area (Å²) in [7, 11) is 0. The van der Waals surface area contributed by atoms with E-state index >= 15 is 0 Å². The van der Waals surface area contributed by atoms with Crippen molar-refractivity contribution in [2.24, 2.45) is 0 Å². The summed E-state index contributed by atoms with van der Waals surface area (Å²) in [6.45, 7) is 5.92. The highest BCUT2D eigenvalue weighted by molar-refractivity contribution is 5.82. The zero-order chi connectivity index (χ0) is 38.9. The van der Waals surface area contributed by atoms with Crippen LogP contribution in [0.4, 0.5) is 0 Å². The van der Waals surface area contributed by atoms with Crippen LogP contribution in [0.2, 0.25) is 0 Å². The number of hydrogen-bond acceptors (Lipinski definition) is 6. The molecule has 2 atom stereocenters. The van der Waals surface area contributed by atoms with Crippen LogP contribution in [-0.4, -0.2) is 46.0 Å². The van der Waals surface area contributed by atoms with Gasteiger partial charge in [0.05, 0.1) is 6.04 Å². The maximum atomic E-state index is 9.84. The monoisotopic (exact) mass is 745 g/mol. The number of aliphatic hydroxyl groups is 1. The molecule has 3 aromatic heterocycles. The Balaban J connectivity index is 1.17. The van der Waals surface area contributed by atoms with Gasteiger partial charge in [-0.15, -0.1) is 5.10 Å². The third-order valence-corrected chi connectivity index (χ3v) is 11.1. The molecular weight excluding hydrogens is 703 g/mol. The normalized spacial score (nSPS) is 14.3. The van der Waals surface area contributed by atoms with Crippen LogP contribution >= 0.6 is 0 Å². The number of aryl methyl sites for hydroxylation is 3. The summed E-state index contributed by atoms with van der Waals surface area (Å²) < 4.78 is 4.35. The van der Waals surface area contributed by atoms with Crippen LogP contribution in [0.15, 0.2) is 140 Å². The van der Waals surface area contributed by atoms with Crippen molar-refractivity contribution in [1.82, 2.24) is 34.7 Å². The van der Waals surface area contributed by atoms with E-state index in [1.807, 2.05) is 28.9 Å². The van der Waals surface area contributed by atoms with Crippen molar-refractivity contribution in [3.05, 3.63) is 184 Å². The van der Waals surface area contributed by atoms with Gasteiger partial charge in [0.2, 0.25) is 0 Å². The molecule has 1 aliphatic rings. The summed E-state index contributed by atoms with van der Waals surface area (Å²) in [5.74, 6) is 7.65. The fourth-order valence-corrected chi connectivity index (χ4v) is 8.68. The second-order valence-electron chi connectivity index (χ2n) is 14.8. The van der Waals surface area contributed by atoms with Crippen LogP contribution in [0.25, 0.3) is 33.7 Å². The summed E-state index contributed by atoms with van der Waals surface area (Å²) >= 11 is 0. The molecule has 8 heteroatoms. The van der Waals surface area contributed by atoms with Crippen molar-refractivity contribution in [1.29, 1.82) is 0 Å². The van der Waals surface area contributed by atoms with Crippen LogP contribution in [-0.2, 0) is 18.4 Å². The minimum Gasteiger partial charge on any atom is -0.381 e. The molecule has 5 aromatic carbocycles. The predicted molar refractivity (Wildman–Crippen MR) is 225 cm³/mol. The van der Waals surface area contributed by atoms with Crippen LogP contribution in [0, 0.1) is 18.8 Å². The molecule has 280 valence electrons. The maximum absolute atomic E-state index is 9.84. The van der Waals surface area contributed by atoms with Gasteiger partial charge in [-0.05, 0) is 100 Å². The first-order valence-corrected chi connectivity index (χ1v) is 19.7. The smallest absolute Gasteiger partial charge is 0.184 e. The fourth-order valence-electron chi connectivity index (χ4n) is 8.68. The topological polar surface area (TPSA) is 94.5 Å². The molecule has 0 aliphatic heterocycles. The number of fused-ring (bicyclic) bond motifs is 2. The second-order valence-corrected chi connectivity index (χ2v) is 14.8. The molecule has 0 unspecified atom stereocenters. The van der Waals surface area contributed by atoms with Crippen molar-refractivity contribution in [3.63, 3.8) is 0 Å². The molecule has 0 saturated carbocycles. The summed E-state index contributed by atoms with van der Waals surface area (Å²) in [6.07, 6.45) is 2.98. The summed E-state index contributed by atoms with van der Waals surface area (Å²) in [4.78, 5) is 10.2. The van der Waals surface area contributed by atoms with Gasteiger partial charge in [0.15, 0.2) is 11.5 Å². The van der Waals surface area contributed by atoms with Crippen LogP contribution < -0.4 is 0 Å². The van der Waals surface area contributed by atoms with E-state index in [1.54, 1.807) is 6.92 Å². The third kappa shape index (κ3) is 6.30. The van der Waals surface area contributed by atoms with E-state index in [1.165, 1.54) is 11.1 Å². The van der Waals surface area contributed by atoms with E-state index in [0.29, 0.717) is 11.5 Å². The minimum absolute atomic E-state index is 0.0956. The van der Waals surface area contributed by atoms with Gasteiger partial charge in [-0.1, -0.05) is 146 Å². The van der Waals surface area contributed by atoms with Crippen molar-refractivity contribution < 1.29 is 5.11 Å². The molecule has 9 rings (SSSR count). The van der Waals surface area contributed by atoms with Crippen molar-refractivity contribution in [2.45, 2.75) is 64.1 Å². The number of benzene rings is 5. The minimum atomic E-state index is -0.862. The molecule has 1 aliphatic carbocycles. The Kier molecular flexibility index (Phi) is 9.53. The van der Waals surface area contributed by atoms with E-state index < -0.39 is 11.6 Å². The van der Waals surface area contributed by atoms with Crippen molar-refractivity contribution in [2.75, 3.05) is 0 Å². The number of hydrogen-bond donors (Lipinski definition) is 1. The highest BCUT2D eigenvalue weighted by Crippen LogP contribution is 2.45. The third-order valence-electron chi connectivity index (χ3n) is 11.1. The number of imidazole rings is 1. The van der Waals surface area contributed by atoms with Crippen LogP contribution in [0.5, 0.6) is 0 Å². The van der Waals surface area contributed by atoms with E-state index in [2.05, 4.69) is 151 Å². The Bertz CT molecular complexity index is 2660. The predicted octanol–water partition coefficient (Wildman–Crippen LogP) is 9.12. The lowest BCUT2D eigenvalue weighted by Gasteiger charge is -2.36. The van der Waals surface area contributed by atoms with Gasteiger partial charge >= 0.3 is 0 Å². The maximum Gasteiger partial charge on any atom is 0.184 e. The Hall–Kier alpha value is -6.69. The number of nitrogens with zero attached hydrogens (tertiary/aromatic N) is 7. The van der Waals surface area contributed by atoms with Crippen molar-refractivity contribution in [3.8, 4) is 34.4 Å². The lowest BCUT2D eigenvalue weighted by atomic mass is 9.77. The Morgan fingerprint density at radius 1 is 0.789 bits per heavy atom. The van der Waals surface area contributed by atoms with Gasteiger partial charge < -0.3 is 9.67 Å². The SMILES string of the molecule is CCCc1nc2c(C)cc(C#C[C@H](C)O)nc2n1[C@H]1CCc2cc(-c3ccccc3-c3nnnn3C(c3ccccc3)(c3ccccc3)c3ccccc3)ccc21. The van der Waals surface area contributed by atoms with Gasteiger partial charge in [0.25, 0.3) is 0 Å². The van der Waals surface area contributed by atoms with E-state index in [9.17, 15) is 5.11 Å². The molecule has 1 N–H and O–H groups in total. The molecule has 8 nitrogen and oxygen atoms in total. The molecule has 0 saturated heterocycles. The van der Waals surface area contributed by atoms with Gasteiger partial charge in [-0.2, -0.15) is 0 Å².